The summed E-state index contributed by atoms with van der Waals surface area (Å²) in [6, 6.07) is 85.6. The van der Waals surface area contributed by atoms with Crippen molar-refractivity contribution in [1.29, 1.82) is 0 Å². The number of nitrogens with zero attached hydrogens (tertiary/aromatic N) is 4. The van der Waals surface area contributed by atoms with E-state index in [0.29, 0.717) is 5.92 Å². The Balaban J connectivity index is 0.942. The molecule has 2 aliphatic rings. The maximum atomic E-state index is 2.51. The van der Waals surface area contributed by atoms with E-state index in [2.05, 4.69) is 273 Å². The molecule has 0 amide bonds. The molecule has 0 bridgehead atoms. The average Bonchev–Trinajstić information content (AvgIpc) is 4.18. The van der Waals surface area contributed by atoms with Crippen LogP contribution in [0.5, 0.6) is 0 Å². The molecule has 13 aromatic rings. The molecule has 4 heteroatoms. The summed E-state index contributed by atoms with van der Waals surface area (Å²) in [4.78, 5) is 2.51. The van der Waals surface area contributed by atoms with Crippen molar-refractivity contribution in [2.75, 3.05) is 4.90 Å². The predicted octanol–water partition coefficient (Wildman–Crippen LogP) is 17.0. The highest BCUT2D eigenvalue weighted by atomic mass is 15.2. The maximum Gasteiger partial charge on any atom is 0.0629 e. The number of para-hydroxylation sites is 3. The van der Waals surface area contributed by atoms with Crippen LogP contribution in [0.4, 0.5) is 11.4 Å². The SMILES string of the molecule is C1=CC2c3ccccc3N(c3ccc(-n4c(-c5cccc6ccccc56)cc5cc6c(cc(-c7cccc8ccccc78)n6-c6ccc(-n7c8ccccc8c8ccccc87)cc6)cc54)cc3)C2C=C1. The van der Waals surface area contributed by atoms with Crippen molar-refractivity contribution in [3.8, 4) is 39.6 Å². The first kappa shape index (κ1) is 38.9. The molecule has 328 valence electrons. The molecule has 0 saturated heterocycles. The van der Waals surface area contributed by atoms with Gasteiger partial charge >= 0.3 is 0 Å². The third kappa shape index (κ3) is 5.77. The van der Waals surface area contributed by atoms with Gasteiger partial charge in [-0.15, -0.1) is 0 Å². The summed E-state index contributed by atoms with van der Waals surface area (Å²) in [5.41, 5.74) is 16.7. The van der Waals surface area contributed by atoms with Gasteiger partial charge in [0, 0.05) is 67.0 Å². The first-order valence-electron chi connectivity index (χ1n) is 24.3. The first-order chi connectivity index (χ1) is 34.7. The fourth-order valence-corrected chi connectivity index (χ4v) is 12.1. The van der Waals surface area contributed by atoms with Crippen molar-refractivity contribution in [2.24, 2.45) is 0 Å². The highest BCUT2D eigenvalue weighted by molar-refractivity contribution is 6.10. The van der Waals surface area contributed by atoms with Crippen molar-refractivity contribution < 1.29 is 0 Å². The van der Waals surface area contributed by atoms with Crippen LogP contribution in [0, 0.1) is 0 Å². The molecule has 2 atom stereocenters. The maximum absolute atomic E-state index is 2.51. The Morgan fingerprint density at radius 3 is 1.31 bits per heavy atom. The lowest BCUT2D eigenvalue weighted by Crippen LogP contribution is -2.28. The van der Waals surface area contributed by atoms with Crippen LogP contribution in [-0.2, 0) is 0 Å². The average molecular weight is 893 g/mol. The Labute approximate surface area is 405 Å². The molecule has 4 heterocycles. The van der Waals surface area contributed by atoms with Gasteiger partial charge in [-0.1, -0.05) is 164 Å². The largest absolute Gasteiger partial charge is 0.333 e. The molecule has 0 spiro atoms. The predicted molar refractivity (Wildman–Crippen MR) is 294 cm³/mol. The monoisotopic (exact) mass is 892 g/mol. The summed E-state index contributed by atoms with van der Waals surface area (Å²) < 4.78 is 7.36. The molecule has 3 aromatic heterocycles. The molecular weight excluding hydrogens is 849 g/mol. The Kier molecular flexibility index (Phi) is 8.45. The fraction of sp³-hybridized carbons (Fsp3) is 0.0303. The van der Waals surface area contributed by atoms with E-state index in [9.17, 15) is 0 Å². The summed E-state index contributed by atoms with van der Waals surface area (Å²) >= 11 is 0. The lowest BCUT2D eigenvalue weighted by Gasteiger charge is -2.29. The van der Waals surface area contributed by atoms with Gasteiger partial charge in [0.25, 0.3) is 0 Å². The van der Waals surface area contributed by atoms with Gasteiger partial charge in [0.05, 0.1) is 39.5 Å². The van der Waals surface area contributed by atoms with Gasteiger partial charge in [0.1, 0.15) is 0 Å². The first-order valence-corrected chi connectivity index (χ1v) is 24.3. The molecule has 0 fully saturated rings. The van der Waals surface area contributed by atoms with Crippen LogP contribution in [0.1, 0.15) is 11.5 Å². The number of rotatable bonds is 6. The molecule has 1 aliphatic heterocycles. The zero-order valence-corrected chi connectivity index (χ0v) is 38.2. The zero-order chi connectivity index (χ0) is 45.9. The number of aromatic nitrogens is 3. The van der Waals surface area contributed by atoms with Gasteiger partial charge in [-0.3, -0.25) is 0 Å². The van der Waals surface area contributed by atoms with Crippen molar-refractivity contribution in [3.05, 3.63) is 260 Å². The Morgan fingerprint density at radius 1 is 0.300 bits per heavy atom. The minimum atomic E-state index is 0.241. The molecule has 10 aromatic carbocycles. The van der Waals surface area contributed by atoms with Crippen LogP contribution >= 0.6 is 0 Å². The number of hydrogen-bond acceptors (Lipinski definition) is 1. The van der Waals surface area contributed by atoms with E-state index in [-0.39, 0.29) is 6.04 Å². The second-order valence-corrected chi connectivity index (χ2v) is 18.9. The summed E-state index contributed by atoms with van der Waals surface area (Å²) in [6.45, 7) is 0. The van der Waals surface area contributed by atoms with Crippen molar-refractivity contribution >= 4 is 76.5 Å². The topological polar surface area (TPSA) is 18.0 Å². The molecule has 15 rings (SSSR count). The number of benzene rings is 10. The second kappa shape index (κ2) is 15.2. The highest BCUT2D eigenvalue weighted by Crippen LogP contribution is 2.48. The number of allylic oxidation sites excluding steroid dienone is 2. The van der Waals surface area contributed by atoms with Gasteiger partial charge in [-0.05, 0) is 118 Å². The van der Waals surface area contributed by atoms with Crippen LogP contribution in [0.25, 0.3) is 105 Å². The molecule has 2 unspecified atom stereocenters. The minimum Gasteiger partial charge on any atom is -0.333 e. The minimum absolute atomic E-state index is 0.241. The second-order valence-electron chi connectivity index (χ2n) is 18.9. The molecule has 4 nitrogen and oxygen atoms in total. The Hall–Kier alpha value is -9.12. The zero-order valence-electron chi connectivity index (χ0n) is 38.2. The molecule has 1 aliphatic carbocycles. The van der Waals surface area contributed by atoms with Crippen LogP contribution < -0.4 is 4.90 Å². The Morgan fingerprint density at radius 2 is 0.743 bits per heavy atom. The van der Waals surface area contributed by atoms with E-state index in [1.54, 1.807) is 0 Å². The highest BCUT2D eigenvalue weighted by Gasteiger charge is 2.37. The van der Waals surface area contributed by atoms with Gasteiger partial charge < -0.3 is 18.6 Å². The van der Waals surface area contributed by atoms with Gasteiger partial charge in [0.2, 0.25) is 0 Å². The quantitative estimate of drug-likeness (QED) is 0.163. The van der Waals surface area contributed by atoms with Gasteiger partial charge in [0.15, 0.2) is 0 Å². The smallest absolute Gasteiger partial charge is 0.0629 e. The molecule has 0 radical (unpaired) electrons. The lowest BCUT2D eigenvalue weighted by molar-refractivity contribution is 0.744. The fourth-order valence-electron chi connectivity index (χ4n) is 12.1. The van der Waals surface area contributed by atoms with Crippen molar-refractivity contribution in [2.45, 2.75) is 12.0 Å². The molecule has 0 saturated carbocycles. The van der Waals surface area contributed by atoms with E-state index in [1.807, 2.05) is 0 Å². The summed E-state index contributed by atoms with van der Waals surface area (Å²) in [6.07, 6.45) is 9.08. The van der Waals surface area contributed by atoms with E-state index < -0.39 is 0 Å². The molecular formula is C66H44N4. The van der Waals surface area contributed by atoms with E-state index in [1.165, 1.54) is 87.7 Å². The van der Waals surface area contributed by atoms with Crippen LogP contribution in [0.2, 0.25) is 0 Å². The normalized spacial score (nSPS) is 15.3. The van der Waals surface area contributed by atoms with Crippen molar-refractivity contribution in [1.82, 2.24) is 13.7 Å². The Bertz CT molecular complexity index is 4250. The standard InChI is InChI=1S/C66H44N4/c1-3-19-51-43(15-1)17-13-25-53(51)65-41-45-39-64-46(40-63(45)69(65)49-35-31-47(32-36-49)67-59-27-9-5-21-55(59)56-22-6-10-28-60(56)67)42-66(54-26-14-18-44-16-2-4-20-52(44)54)70(64)50-37-33-48(34-38-50)68-61-29-11-7-23-57(61)58-24-8-12-30-62(58)68/h1-42,55,59H. The third-order valence-electron chi connectivity index (χ3n) is 15.1. The van der Waals surface area contributed by atoms with Crippen molar-refractivity contribution in [3.63, 3.8) is 0 Å². The number of fused-ring (bicyclic) bond motifs is 10. The van der Waals surface area contributed by atoms with Crippen LogP contribution in [-0.4, -0.2) is 19.7 Å². The van der Waals surface area contributed by atoms with Crippen LogP contribution in [0.3, 0.4) is 0 Å². The summed E-state index contributed by atoms with van der Waals surface area (Å²) in [5, 5.41) is 9.80. The summed E-state index contributed by atoms with van der Waals surface area (Å²) in [7, 11) is 0. The molecule has 0 N–H and O–H groups in total. The summed E-state index contributed by atoms with van der Waals surface area (Å²) in [5.74, 6) is 0.332. The van der Waals surface area contributed by atoms with E-state index >= 15 is 0 Å². The van der Waals surface area contributed by atoms with Crippen LogP contribution in [0.15, 0.2) is 255 Å². The third-order valence-corrected chi connectivity index (χ3v) is 15.1. The van der Waals surface area contributed by atoms with E-state index in [0.717, 1.165) is 34.0 Å². The lowest BCUT2D eigenvalue weighted by atomic mass is 9.91. The number of anilines is 2. The van der Waals surface area contributed by atoms with Gasteiger partial charge in [-0.2, -0.15) is 0 Å². The van der Waals surface area contributed by atoms with Gasteiger partial charge in [-0.25, -0.2) is 0 Å². The number of hydrogen-bond donors (Lipinski definition) is 0. The van der Waals surface area contributed by atoms with E-state index in [4.69, 9.17) is 0 Å². The molecule has 70 heavy (non-hydrogen) atoms.